The first-order chi connectivity index (χ1) is 9.24. The van der Waals surface area contributed by atoms with Gasteiger partial charge in [0.05, 0.1) is 26.2 Å². The number of nitrogens with zero attached hydrogens (tertiary/aromatic N) is 1. The molecule has 2 heteroatoms. The molecule has 0 saturated carbocycles. The highest BCUT2D eigenvalue weighted by Crippen LogP contribution is 2.14. The predicted molar refractivity (Wildman–Crippen MR) is 94.3 cm³/mol. The molecule has 20 heavy (non-hydrogen) atoms. The van der Waals surface area contributed by atoms with Gasteiger partial charge in [-0.15, -0.1) is 0 Å². The highest BCUT2D eigenvalue weighted by molar-refractivity contribution is 5.75. The fraction of sp³-hybridized carbons (Fsp3) is 1.00. The van der Waals surface area contributed by atoms with Crippen molar-refractivity contribution in [2.24, 2.45) is 0 Å². The molecule has 0 fully saturated rings. The molecule has 120 valence electrons. The van der Waals surface area contributed by atoms with E-state index in [1.54, 1.807) is 0 Å². The molecule has 0 aromatic heterocycles. The van der Waals surface area contributed by atoms with E-state index in [-0.39, 0.29) is 8.41 Å². The molecule has 0 saturated heterocycles. The summed E-state index contributed by atoms with van der Waals surface area (Å²) in [5.74, 6) is 0. The number of quaternary nitrogens is 1. The molecule has 0 spiro atoms. The van der Waals surface area contributed by atoms with Crippen molar-refractivity contribution in [3.63, 3.8) is 0 Å². The van der Waals surface area contributed by atoms with Crippen molar-refractivity contribution in [2.45, 2.75) is 91.9 Å². The van der Waals surface area contributed by atoms with Crippen molar-refractivity contribution < 1.29 is 4.48 Å². The van der Waals surface area contributed by atoms with Crippen LogP contribution in [0.3, 0.4) is 0 Å². The lowest BCUT2D eigenvalue weighted by atomic mass is 10.1. The molecule has 0 aromatic rings. The summed E-state index contributed by atoms with van der Waals surface area (Å²) in [6, 6.07) is 0. The van der Waals surface area contributed by atoms with E-state index in [4.69, 9.17) is 0 Å². The Labute approximate surface area is 131 Å². The van der Waals surface area contributed by atoms with Crippen LogP contribution in [0.5, 0.6) is 0 Å². The average molecular weight is 281 g/mol. The summed E-state index contributed by atoms with van der Waals surface area (Å²) in [5.41, 5.74) is 0. The van der Waals surface area contributed by atoms with Crippen molar-refractivity contribution in [3.8, 4) is 0 Å². The van der Waals surface area contributed by atoms with Crippen LogP contribution in [0.4, 0.5) is 0 Å². The second-order valence-electron chi connectivity index (χ2n) is 6.25. The zero-order valence-electron chi connectivity index (χ0n) is 14.9. The standard InChI is InChI=1S/C18H40N.B/c1-5-9-11-12-13-14-16-18-19(7-3,8-4)17-15-10-6-2;/h5-18H2,1-4H3;/q+1;-1. The molecule has 0 rings (SSSR count). The van der Waals surface area contributed by atoms with Gasteiger partial charge in [-0.05, 0) is 39.5 Å². The quantitative estimate of drug-likeness (QED) is 0.227. The molecule has 0 aliphatic heterocycles. The Hall–Kier alpha value is 0.0249. The summed E-state index contributed by atoms with van der Waals surface area (Å²) in [5, 5.41) is 0. The Morgan fingerprint density at radius 2 is 0.850 bits per heavy atom. The fourth-order valence-electron chi connectivity index (χ4n) is 3.07. The van der Waals surface area contributed by atoms with E-state index in [0.29, 0.717) is 0 Å². The molecule has 0 unspecified atom stereocenters. The topological polar surface area (TPSA) is 0 Å². The molecule has 0 N–H and O–H groups in total. The van der Waals surface area contributed by atoms with E-state index >= 15 is 0 Å². The van der Waals surface area contributed by atoms with E-state index in [1.807, 2.05) is 0 Å². The van der Waals surface area contributed by atoms with Gasteiger partial charge < -0.3 is 12.9 Å². The lowest BCUT2D eigenvalue weighted by Gasteiger charge is -2.37. The Balaban J connectivity index is 0. The van der Waals surface area contributed by atoms with Gasteiger partial charge in [-0.3, -0.25) is 0 Å². The second-order valence-corrected chi connectivity index (χ2v) is 6.25. The minimum atomic E-state index is 0. The molecule has 0 atom stereocenters. The van der Waals surface area contributed by atoms with Crippen LogP contribution in [0.2, 0.25) is 0 Å². The lowest BCUT2D eigenvalue weighted by molar-refractivity contribution is -0.925. The molecular formula is C18H40BN. The smallest absolute Gasteiger partial charge is 0.0786 e. The van der Waals surface area contributed by atoms with Crippen LogP contribution in [-0.2, 0) is 0 Å². The molecule has 0 aliphatic rings. The molecule has 1 nitrogen and oxygen atoms in total. The Bertz CT molecular complexity index is 178. The predicted octanol–water partition coefficient (Wildman–Crippen LogP) is 5.40. The molecule has 0 heterocycles. The first kappa shape index (κ1) is 22.3. The summed E-state index contributed by atoms with van der Waals surface area (Å²) >= 11 is 0. The minimum absolute atomic E-state index is 0. The SMILES string of the molecule is CCCCCCCCC[N+](CC)(CC)CCCCC.[B-]. The number of hydrogen-bond acceptors (Lipinski definition) is 0. The Morgan fingerprint density at radius 1 is 0.500 bits per heavy atom. The highest BCUT2D eigenvalue weighted by Gasteiger charge is 2.21. The van der Waals surface area contributed by atoms with Crippen LogP contribution in [0, 0.1) is 0 Å². The maximum absolute atomic E-state index is 2.39. The number of unbranched alkanes of at least 4 members (excludes halogenated alkanes) is 8. The van der Waals surface area contributed by atoms with Crippen LogP contribution in [0.1, 0.15) is 91.9 Å². The van der Waals surface area contributed by atoms with Crippen molar-refractivity contribution >= 4 is 8.41 Å². The summed E-state index contributed by atoms with van der Waals surface area (Å²) in [6.45, 7) is 14.9. The summed E-state index contributed by atoms with van der Waals surface area (Å²) < 4.78 is 1.37. The minimum Gasteiger partial charge on any atom is -1.00 e. The van der Waals surface area contributed by atoms with Crippen LogP contribution in [-0.4, -0.2) is 39.1 Å². The zero-order chi connectivity index (χ0) is 14.4. The Kier molecular flexibility index (Phi) is 17.2. The van der Waals surface area contributed by atoms with Gasteiger partial charge in [0.1, 0.15) is 0 Å². The van der Waals surface area contributed by atoms with E-state index in [9.17, 15) is 0 Å². The molecular weight excluding hydrogens is 241 g/mol. The van der Waals surface area contributed by atoms with Crippen molar-refractivity contribution in [1.29, 1.82) is 0 Å². The normalized spacial score (nSPS) is 11.4. The van der Waals surface area contributed by atoms with Gasteiger partial charge in [-0.1, -0.05) is 52.4 Å². The van der Waals surface area contributed by atoms with E-state index in [0.717, 1.165) is 0 Å². The van der Waals surface area contributed by atoms with Gasteiger partial charge in [-0.2, -0.15) is 0 Å². The van der Waals surface area contributed by atoms with E-state index in [2.05, 4.69) is 27.7 Å². The molecule has 0 aromatic carbocycles. The van der Waals surface area contributed by atoms with Gasteiger partial charge in [0.25, 0.3) is 0 Å². The number of hydrogen-bond donors (Lipinski definition) is 0. The van der Waals surface area contributed by atoms with Gasteiger partial charge in [0.2, 0.25) is 0 Å². The van der Waals surface area contributed by atoms with Crippen molar-refractivity contribution in [2.75, 3.05) is 26.2 Å². The van der Waals surface area contributed by atoms with Crippen LogP contribution in [0.15, 0.2) is 0 Å². The molecule has 0 amide bonds. The van der Waals surface area contributed by atoms with Crippen molar-refractivity contribution in [1.82, 2.24) is 0 Å². The van der Waals surface area contributed by atoms with Gasteiger partial charge >= 0.3 is 0 Å². The van der Waals surface area contributed by atoms with Crippen LogP contribution < -0.4 is 0 Å². The van der Waals surface area contributed by atoms with E-state index in [1.165, 1.54) is 94.9 Å². The maximum Gasteiger partial charge on any atom is 0.0786 e. The van der Waals surface area contributed by atoms with Crippen LogP contribution in [0.25, 0.3) is 0 Å². The third kappa shape index (κ3) is 10.8. The molecule has 0 bridgehead atoms. The maximum atomic E-state index is 2.39. The largest absolute Gasteiger partial charge is 1.00 e. The summed E-state index contributed by atoms with van der Waals surface area (Å²) in [4.78, 5) is 0. The van der Waals surface area contributed by atoms with E-state index < -0.39 is 0 Å². The first-order valence-electron chi connectivity index (χ1n) is 9.09. The van der Waals surface area contributed by atoms with Crippen molar-refractivity contribution in [3.05, 3.63) is 0 Å². The fourth-order valence-corrected chi connectivity index (χ4v) is 3.07. The average Bonchev–Trinajstić information content (AvgIpc) is 2.45. The molecule has 0 aliphatic carbocycles. The number of rotatable bonds is 14. The Morgan fingerprint density at radius 3 is 1.30 bits per heavy atom. The second kappa shape index (κ2) is 15.4. The zero-order valence-corrected chi connectivity index (χ0v) is 14.9. The van der Waals surface area contributed by atoms with Gasteiger partial charge in [0, 0.05) is 0 Å². The van der Waals surface area contributed by atoms with Gasteiger partial charge in [0.15, 0.2) is 0 Å². The molecule has 4 radical (unpaired) electrons. The summed E-state index contributed by atoms with van der Waals surface area (Å²) in [7, 11) is 0. The van der Waals surface area contributed by atoms with Gasteiger partial charge in [-0.25, -0.2) is 0 Å². The third-order valence-electron chi connectivity index (χ3n) is 4.81. The lowest BCUT2D eigenvalue weighted by Crippen LogP contribution is -2.49. The van der Waals surface area contributed by atoms with Crippen LogP contribution >= 0.6 is 0 Å². The monoisotopic (exact) mass is 281 g/mol. The first-order valence-corrected chi connectivity index (χ1v) is 9.09. The highest BCUT2D eigenvalue weighted by atomic mass is 15.3. The summed E-state index contributed by atoms with van der Waals surface area (Å²) in [6.07, 6.45) is 14.3. The third-order valence-corrected chi connectivity index (χ3v) is 4.81.